The molecule has 102 valence electrons. The van der Waals surface area contributed by atoms with Gasteiger partial charge in [-0.05, 0) is 23.8 Å². The van der Waals surface area contributed by atoms with Crippen molar-refractivity contribution >= 4 is 17.3 Å². The summed E-state index contributed by atoms with van der Waals surface area (Å²) in [6.07, 6.45) is 1.56. The van der Waals surface area contributed by atoms with Crippen LogP contribution in [-0.2, 0) is 6.42 Å². The molecule has 0 amide bonds. The molecule has 0 atom stereocenters. The molecule has 19 heavy (non-hydrogen) atoms. The molecule has 2 heterocycles. The summed E-state index contributed by atoms with van der Waals surface area (Å²) in [5, 5.41) is 13.1. The Hall–Kier alpha value is -1.69. The molecule has 0 saturated carbocycles. The Kier molecular flexibility index (Phi) is 4.68. The molecule has 0 spiro atoms. The molecule has 0 radical (unpaired) electrons. The lowest BCUT2D eigenvalue weighted by molar-refractivity contribution is 0.605. The quantitative estimate of drug-likeness (QED) is 0.850. The number of nitrogens with zero attached hydrogens (tertiary/aromatic N) is 2. The minimum atomic E-state index is -0.171. The second-order valence-corrected chi connectivity index (χ2v) is 5.85. The summed E-state index contributed by atoms with van der Waals surface area (Å²) in [5.74, 6) is 1.06. The number of anilines is 1. The van der Waals surface area contributed by atoms with E-state index in [1.54, 1.807) is 11.3 Å². The predicted octanol–water partition coefficient (Wildman–Crippen LogP) is 2.28. The van der Waals surface area contributed by atoms with Gasteiger partial charge < -0.3 is 5.32 Å². The molecule has 0 aliphatic rings. The van der Waals surface area contributed by atoms with Gasteiger partial charge in [0.05, 0.1) is 0 Å². The van der Waals surface area contributed by atoms with Crippen LogP contribution in [-0.4, -0.2) is 21.7 Å². The van der Waals surface area contributed by atoms with Crippen molar-refractivity contribution in [2.45, 2.75) is 26.7 Å². The van der Waals surface area contributed by atoms with E-state index < -0.39 is 0 Å². The average Bonchev–Trinajstić information content (AvgIpc) is 2.85. The molecule has 0 saturated heterocycles. The molecule has 5 nitrogen and oxygen atoms in total. The smallest absolute Gasteiger partial charge is 0.274 e. The van der Waals surface area contributed by atoms with Crippen LogP contribution in [0.25, 0.3) is 0 Å². The summed E-state index contributed by atoms with van der Waals surface area (Å²) < 4.78 is 0. The summed E-state index contributed by atoms with van der Waals surface area (Å²) in [6, 6.07) is 3.95. The molecule has 0 aliphatic carbocycles. The predicted molar refractivity (Wildman–Crippen MR) is 77.7 cm³/mol. The minimum absolute atomic E-state index is 0.171. The summed E-state index contributed by atoms with van der Waals surface area (Å²) >= 11 is 1.61. The van der Waals surface area contributed by atoms with Crippen molar-refractivity contribution in [3.05, 3.63) is 38.4 Å². The largest absolute Gasteiger partial charge is 0.354 e. The lowest BCUT2D eigenvalue weighted by atomic mass is 10.1. The van der Waals surface area contributed by atoms with Gasteiger partial charge in [-0.3, -0.25) is 9.78 Å². The van der Waals surface area contributed by atoms with Crippen molar-refractivity contribution in [3.8, 4) is 0 Å². The molecule has 2 N–H and O–H groups in total. The number of H-pyrrole nitrogens is 1. The Morgan fingerprint density at radius 1 is 1.42 bits per heavy atom. The van der Waals surface area contributed by atoms with Crippen LogP contribution in [0.1, 0.15) is 30.8 Å². The molecule has 0 aliphatic heterocycles. The third kappa shape index (κ3) is 4.17. The van der Waals surface area contributed by atoms with Crippen molar-refractivity contribution in [2.75, 3.05) is 11.9 Å². The van der Waals surface area contributed by atoms with Gasteiger partial charge in [0, 0.05) is 17.8 Å². The first-order valence-electron chi connectivity index (χ1n) is 6.37. The fourth-order valence-corrected chi connectivity index (χ4v) is 2.32. The van der Waals surface area contributed by atoms with Crippen molar-refractivity contribution in [1.82, 2.24) is 15.2 Å². The number of aromatic nitrogens is 3. The molecular weight excluding hydrogens is 260 g/mol. The number of hydrogen-bond donors (Lipinski definition) is 2. The van der Waals surface area contributed by atoms with Gasteiger partial charge in [0.15, 0.2) is 0 Å². The number of rotatable bonds is 6. The monoisotopic (exact) mass is 278 g/mol. The van der Waals surface area contributed by atoms with Crippen LogP contribution in [0.5, 0.6) is 0 Å². The van der Waals surface area contributed by atoms with E-state index in [1.165, 1.54) is 0 Å². The van der Waals surface area contributed by atoms with Gasteiger partial charge in [-0.1, -0.05) is 19.9 Å². The van der Waals surface area contributed by atoms with E-state index >= 15 is 0 Å². The van der Waals surface area contributed by atoms with Gasteiger partial charge in [-0.25, -0.2) is 0 Å². The minimum Gasteiger partial charge on any atom is -0.354 e. The summed E-state index contributed by atoms with van der Waals surface area (Å²) in [6.45, 7) is 5.09. The molecule has 2 aromatic heterocycles. The lowest BCUT2D eigenvalue weighted by Crippen LogP contribution is -2.20. The van der Waals surface area contributed by atoms with E-state index in [2.05, 4.69) is 34.3 Å². The molecule has 0 aromatic carbocycles. The zero-order chi connectivity index (χ0) is 13.7. The molecule has 0 unspecified atom stereocenters. The van der Waals surface area contributed by atoms with Gasteiger partial charge in [-0.2, -0.15) is 0 Å². The first-order valence-corrected chi connectivity index (χ1v) is 7.25. The third-order valence-corrected chi connectivity index (χ3v) is 3.58. The standard InChI is InChI=1S/C13H18N4OS/c1-9(2)5-6-14-13-15-12(18)11(16-17-13)8-10-4-3-7-19-10/h3-4,7,9H,5-6,8H2,1-2H3,(H2,14,15,17,18). The van der Waals surface area contributed by atoms with E-state index in [0.29, 0.717) is 24.0 Å². The van der Waals surface area contributed by atoms with Crippen molar-refractivity contribution < 1.29 is 0 Å². The molecule has 0 bridgehead atoms. The van der Waals surface area contributed by atoms with Crippen LogP contribution in [0, 0.1) is 5.92 Å². The van der Waals surface area contributed by atoms with Crippen LogP contribution < -0.4 is 10.9 Å². The van der Waals surface area contributed by atoms with E-state index in [1.807, 2.05) is 17.5 Å². The van der Waals surface area contributed by atoms with Crippen molar-refractivity contribution in [3.63, 3.8) is 0 Å². The number of thiophene rings is 1. The topological polar surface area (TPSA) is 70.7 Å². The fourth-order valence-electron chi connectivity index (χ4n) is 1.61. The van der Waals surface area contributed by atoms with E-state index in [-0.39, 0.29) is 5.56 Å². The number of nitrogens with one attached hydrogen (secondary N) is 2. The van der Waals surface area contributed by atoms with Crippen LogP contribution in [0.2, 0.25) is 0 Å². The first kappa shape index (κ1) is 13.7. The number of hydrogen-bond acceptors (Lipinski definition) is 5. The van der Waals surface area contributed by atoms with Crippen LogP contribution >= 0.6 is 11.3 Å². The SMILES string of the molecule is CC(C)CCNc1nnc(Cc2cccs2)c(=O)[nH]1. The second-order valence-electron chi connectivity index (χ2n) is 4.81. The van der Waals surface area contributed by atoms with E-state index in [9.17, 15) is 4.79 Å². The summed E-state index contributed by atoms with van der Waals surface area (Å²) in [5.41, 5.74) is 0.285. The van der Waals surface area contributed by atoms with Gasteiger partial charge in [0.25, 0.3) is 5.56 Å². The average molecular weight is 278 g/mol. The van der Waals surface area contributed by atoms with Gasteiger partial charge >= 0.3 is 0 Å². The lowest BCUT2D eigenvalue weighted by Gasteiger charge is -2.06. The Morgan fingerprint density at radius 3 is 2.89 bits per heavy atom. The fraction of sp³-hybridized carbons (Fsp3) is 0.462. The Labute approximate surface area is 116 Å². The molecule has 6 heteroatoms. The number of aromatic amines is 1. The highest BCUT2D eigenvalue weighted by Crippen LogP contribution is 2.11. The Bertz CT molecular complexity index is 562. The zero-order valence-electron chi connectivity index (χ0n) is 11.1. The Balaban J connectivity index is 1.99. The van der Waals surface area contributed by atoms with Gasteiger partial charge in [0.2, 0.25) is 5.95 Å². The maximum Gasteiger partial charge on any atom is 0.274 e. The van der Waals surface area contributed by atoms with Gasteiger partial charge in [-0.15, -0.1) is 21.5 Å². The second kappa shape index (κ2) is 6.47. The highest BCUT2D eigenvalue weighted by Gasteiger charge is 2.06. The highest BCUT2D eigenvalue weighted by molar-refractivity contribution is 7.09. The maximum absolute atomic E-state index is 11.9. The van der Waals surface area contributed by atoms with E-state index in [0.717, 1.165) is 17.8 Å². The zero-order valence-corrected chi connectivity index (χ0v) is 12.0. The molecule has 0 fully saturated rings. The molecule has 2 rings (SSSR count). The molecular formula is C13H18N4OS. The van der Waals surface area contributed by atoms with Crippen molar-refractivity contribution in [2.24, 2.45) is 5.92 Å². The van der Waals surface area contributed by atoms with Crippen LogP contribution in [0.15, 0.2) is 22.3 Å². The first-order chi connectivity index (χ1) is 9.15. The van der Waals surface area contributed by atoms with Crippen LogP contribution in [0.4, 0.5) is 5.95 Å². The van der Waals surface area contributed by atoms with Crippen molar-refractivity contribution in [1.29, 1.82) is 0 Å². The third-order valence-electron chi connectivity index (χ3n) is 2.70. The summed E-state index contributed by atoms with van der Waals surface area (Å²) in [4.78, 5) is 15.7. The van der Waals surface area contributed by atoms with Gasteiger partial charge in [0.1, 0.15) is 5.69 Å². The Morgan fingerprint density at radius 2 is 2.26 bits per heavy atom. The normalized spacial score (nSPS) is 10.9. The maximum atomic E-state index is 11.9. The summed E-state index contributed by atoms with van der Waals surface area (Å²) in [7, 11) is 0. The van der Waals surface area contributed by atoms with E-state index in [4.69, 9.17) is 0 Å². The van der Waals surface area contributed by atoms with Crippen LogP contribution in [0.3, 0.4) is 0 Å². The highest BCUT2D eigenvalue weighted by atomic mass is 32.1. The molecule has 2 aromatic rings.